The molecule has 1 heterocycles. The van der Waals surface area contributed by atoms with Crippen LogP contribution in [0.15, 0.2) is 48.5 Å². The van der Waals surface area contributed by atoms with E-state index < -0.39 is 6.10 Å². The van der Waals surface area contributed by atoms with Crippen molar-refractivity contribution in [2.45, 2.75) is 18.9 Å². The molecule has 1 atom stereocenters. The summed E-state index contributed by atoms with van der Waals surface area (Å²) in [4.78, 5) is 12.4. The number of carbonyl (C=O) groups excluding carboxylic acids is 1. The molecule has 4 heteroatoms. The molecule has 1 aliphatic heterocycles. The first-order valence-electron chi connectivity index (χ1n) is 7.62. The van der Waals surface area contributed by atoms with Crippen molar-refractivity contribution >= 4 is 11.6 Å². The maximum absolute atomic E-state index is 12.4. The second-order valence-corrected chi connectivity index (χ2v) is 5.50. The molecular formula is C18H20N2O2. The zero-order valence-corrected chi connectivity index (χ0v) is 12.4. The van der Waals surface area contributed by atoms with E-state index in [0.29, 0.717) is 5.56 Å². The van der Waals surface area contributed by atoms with Crippen LogP contribution in [0, 0.1) is 0 Å². The Hall–Kier alpha value is -2.33. The summed E-state index contributed by atoms with van der Waals surface area (Å²) in [5.41, 5.74) is 3.62. The Morgan fingerprint density at radius 2 is 2.00 bits per heavy atom. The van der Waals surface area contributed by atoms with Crippen molar-refractivity contribution in [1.82, 2.24) is 5.32 Å². The maximum atomic E-state index is 12.4. The van der Waals surface area contributed by atoms with Gasteiger partial charge in [-0.15, -0.1) is 0 Å². The zero-order valence-electron chi connectivity index (χ0n) is 12.4. The molecule has 4 nitrogen and oxygen atoms in total. The topological polar surface area (TPSA) is 61.4 Å². The van der Waals surface area contributed by atoms with Crippen molar-refractivity contribution in [3.8, 4) is 0 Å². The van der Waals surface area contributed by atoms with Crippen LogP contribution in [0.5, 0.6) is 0 Å². The average Bonchev–Trinajstić information content (AvgIpc) is 2.59. The molecule has 0 bridgehead atoms. The summed E-state index contributed by atoms with van der Waals surface area (Å²) in [5.74, 6) is -0.129. The highest BCUT2D eigenvalue weighted by Crippen LogP contribution is 2.25. The van der Waals surface area contributed by atoms with Gasteiger partial charge in [0.1, 0.15) is 0 Å². The Morgan fingerprint density at radius 1 is 1.18 bits per heavy atom. The molecule has 1 amide bonds. The number of rotatable bonds is 4. The van der Waals surface area contributed by atoms with E-state index in [9.17, 15) is 9.90 Å². The van der Waals surface area contributed by atoms with Crippen molar-refractivity contribution in [3.05, 3.63) is 65.2 Å². The summed E-state index contributed by atoms with van der Waals surface area (Å²) in [6, 6.07) is 15.1. The van der Waals surface area contributed by atoms with E-state index in [0.717, 1.165) is 36.2 Å². The summed E-state index contributed by atoms with van der Waals surface area (Å²) >= 11 is 0. The number of aliphatic hydroxyl groups excluding tert-OH is 1. The van der Waals surface area contributed by atoms with Crippen molar-refractivity contribution in [1.29, 1.82) is 0 Å². The molecule has 0 saturated heterocycles. The lowest BCUT2D eigenvalue weighted by molar-refractivity contribution is 0.0915. The molecule has 114 valence electrons. The molecule has 3 rings (SSSR count). The predicted octanol–water partition coefficient (Wildman–Crippen LogP) is 2.51. The van der Waals surface area contributed by atoms with Gasteiger partial charge >= 0.3 is 0 Å². The number of amides is 1. The van der Waals surface area contributed by atoms with Gasteiger partial charge in [0.25, 0.3) is 5.91 Å². The quantitative estimate of drug-likeness (QED) is 0.812. The van der Waals surface area contributed by atoms with Gasteiger partial charge in [-0.1, -0.05) is 36.4 Å². The van der Waals surface area contributed by atoms with Crippen LogP contribution in [0.3, 0.4) is 0 Å². The Morgan fingerprint density at radius 3 is 2.82 bits per heavy atom. The summed E-state index contributed by atoms with van der Waals surface area (Å²) in [6.07, 6.45) is 1.25. The number of benzene rings is 2. The summed E-state index contributed by atoms with van der Waals surface area (Å²) < 4.78 is 0. The number of aliphatic hydroxyl groups is 1. The van der Waals surface area contributed by atoms with E-state index in [1.807, 2.05) is 48.5 Å². The Labute approximate surface area is 130 Å². The SMILES string of the molecule is O=C(NCC(O)c1ccccc1)c1cccc2c1CCCN2. The normalized spacial score (nSPS) is 14.6. The van der Waals surface area contributed by atoms with Crippen LogP contribution in [0.4, 0.5) is 5.69 Å². The molecule has 0 fully saturated rings. The standard InChI is InChI=1S/C18H20N2O2/c21-17(13-6-2-1-3-7-13)12-20-18(22)15-8-4-10-16-14(15)9-5-11-19-16/h1-4,6-8,10,17,19,21H,5,9,11-12H2,(H,20,22). The smallest absolute Gasteiger partial charge is 0.251 e. The van der Waals surface area contributed by atoms with Crippen molar-refractivity contribution in [3.63, 3.8) is 0 Å². The van der Waals surface area contributed by atoms with Crippen molar-refractivity contribution in [2.75, 3.05) is 18.4 Å². The summed E-state index contributed by atoms with van der Waals surface area (Å²) in [6.45, 7) is 1.16. The number of fused-ring (bicyclic) bond motifs is 1. The molecule has 0 radical (unpaired) electrons. The highest BCUT2D eigenvalue weighted by molar-refractivity contribution is 5.97. The maximum Gasteiger partial charge on any atom is 0.251 e. The molecule has 1 aliphatic rings. The van der Waals surface area contributed by atoms with Gasteiger partial charge in [-0.3, -0.25) is 4.79 Å². The lowest BCUT2D eigenvalue weighted by Crippen LogP contribution is -2.30. The number of hydrogen-bond acceptors (Lipinski definition) is 3. The van der Waals surface area contributed by atoms with Crippen LogP contribution < -0.4 is 10.6 Å². The van der Waals surface area contributed by atoms with Gasteiger partial charge in [-0.2, -0.15) is 0 Å². The monoisotopic (exact) mass is 296 g/mol. The van der Waals surface area contributed by atoms with Gasteiger partial charge in [0.15, 0.2) is 0 Å². The predicted molar refractivity (Wildman–Crippen MR) is 87.0 cm³/mol. The third-order valence-electron chi connectivity index (χ3n) is 3.98. The van der Waals surface area contributed by atoms with Gasteiger partial charge in [0.2, 0.25) is 0 Å². The van der Waals surface area contributed by atoms with Crippen LogP contribution in [-0.4, -0.2) is 24.1 Å². The summed E-state index contributed by atoms with van der Waals surface area (Å²) in [5, 5.41) is 16.3. The number of anilines is 1. The number of hydrogen-bond donors (Lipinski definition) is 3. The van der Waals surface area contributed by atoms with Crippen LogP contribution in [0.2, 0.25) is 0 Å². The Balaban J connectivity index is 1.68. The molecule has 22 heavy (non-hydrogen) atoms. The highest BCUT2D eigenvalue weighted by Gasteiger charge is 2.18. The Bertz CT molecular complexity index is 655. The van der Waals surface area contributed by atoms with Crippen molar-refractivity contribution in [2.24, 2.45) is 0 Å². The van der Waals surface area contributed by atoms with Crippen LogP contribution >= 0.6 is 0 Å². The Kier molecular flexibility index (Phi) is 4.39. The third kappa shape index (κ3) is 3.12. The number of carbonyl (C=O) groups is 1. The zero-order chi connectivity index (χ0) is 15.4. The minimum Gasteiger partial charge on any atom is -0.387 e. The van der Waals surface area contributed by atoms with Crippen LogP contribution in [-0.2, 0) is 6.42 Å². The molecule has 3 N–H and O–H groups in total. The van der Waals surface area contributed by atoms with E-state index in [4.69, 9.17) is 0 Å². The van der Waals surface area contributed by atoms with Gasteiger partial charge < -0.3 is 15.7 Å². The molecule has 0 saturated carbocycles. The largest absolute Gasteiger partial charge is 0.387 e. The molecular weight excluding hydrogens is 276 g/mol. The minimum absolute atomic E-state index is 0.129. The molecule has 0 aliphatic carbocycles. The molecule has 0 aromatic heterocycles. The van der Waals surface area contributed by atoms with Gasteiger partial charge in [0, 0.05) is 24.3 Å². The first-order chi connectivity index (χ1) is 10.8. The lowest BCUT2D eigenvalue weighted by Gasteiger charge is -2.21. The van der Waals surface area contributed by atoms with Crippen molar-refractivity contribution < 1.29 is 9.90 Å². The molecule has 0 spiro atoms. The summed E-state index contributed by atoms with van der Waals surface area (Å²) in [7, 11) is 0. The lowest BCUT2D eigenvalue weighted by atomic mass is 9.97. The second-order valence-electron chi connectivity index (χ2n) is 5.50. The molecule has 2 aromatic rings. The highest BCUT2D eigenvalue weighted by atomic mass is 16.3. The van der Waals surface area contributed by atoms with Gasteiger partial charge in [-0.05, 0) is 36.1 Å². The van der Waals surface area contributed by atoms with E-state index in [2.05, 4.69) is 10.6 Å². The van der Waals surface area contributed by atoms with Gasteiger partial charge in [0.05, 0.1) is 6.10 Å². The number of nitrogens with one attached hydrogen (secondary N) is 2. The fraction of sp³-hybridized carbons (Fsp3) is 0.278. The second kappa shape index (κ2) is 6.62. The fourth-order valence-electron chi connectivity index (χ4n) is 2.80. The van der Waals surface area contributed by atoms with Gasteiger partial charge in [-0.25, -0.2) is 0 Å². The fourth-order valence-corrected chi connectivity index (χ4v) is 2.80. The minimum atomic E-state index is -0.692. The van der Waals surface area contributed by atoms with E-state index in [1.54, 1.807) is 0 Å². The first-order valence-corrected chi connectivity index (χ1v) is 7.62. The van der Waals surface area contributed by atoms with E-state index >= 15 is 0 Å². The van der Waals surface area contributed by atoms with E-state index in [1.165, 1.54) is 0 Å². The molecule has 2 aromatic carbocycles. The third-order valence-corrected chi connectivity index (χ3v) is 3.98. The first kappa shape index (κ1) is 14.6. The van der Waals surface area contributed by atoms with E-state index in [-0.39, 0.29) is 12.5 Å². The molecule has 1 unspecified atom stereocenters. The average molecular weight is 296 g/mol. The van der Waals surface area contributed by atoms with Crippen LogP contribution in [0.25, 0.3) is 0 Å². The van der Waals surface area contributed by atoms with Crippen LogP contribution in [0.1, 0.15) is 34.0 Å².